The lowest BCUT2D eigenvalue weighted by Gasteiger charge is -2.26. The van der Waals surface area contributed by atoms with Crippen molar-refractivity contribution in [1.82, 2.24) is 5.32 Å². The van der Waals surface area contributed by atoms with Crippen LogP contribution < -0.4 is 11.1 Å². The first kappa shape index (κ1) is 15.7. The maximum Gasteiger partial charge on any atom is 0.220 e. The maximum atomic E-state index is 11.9. The van der Waals surface area contributed by atoms with Gasteiger partial charge in [0, 0.05) is 19.5 Å². The van der Waals surface area contributed by atoms with Crippen molar-refractivity contribution >= 4 is 5.91 Å². The Bertz CT molecular complexity index is 421. The van der Waals surface area contributed by atoms with E-state index in [1.807, 2.05) is 24.3 Å². The Kier molecular flexibility index (Phi) is 5.55. The van der Waals surface area contributed by atoms with Gasteiger partial charge in [-0.25, -0.2) is 0 Å². The van der Waals surface area contributed by atoms with E-state index in [1.54, 1.807) is 0 Å². The Hall–Kier alpha value is -1.35. The third-order valence-electron chi connectivity index (χ3n) is 3.78. The van der Waals surface area contributed by atoms with E-state index in [0.717, 1.165) is 11.1 Å². The van der Waals surface area contributed by atoms with Gasteiger partial charge in [-0.1, -0.05) is 52.0 Å². The molecule has 1 unspecified atom stereocenters. The summed E-state index contributed by atoms with van der Waals surface area (Å²) in [7, 11) is 0. The summed E-state index contributed by atoms with van der Waals surface area (Å²) in [5.74, 6) is 0.464. The smallest absolute Gasteiger partial charge is 0.220 e. The molecule has 1 rings (SSSR count). The van der Waals surface area contributed by atoms with Gasteiger partial charge in [-0.2, -0.15) is 0 Å². The van der Waals surface area contributed by atoms with E-state index in [2.05, 4.69) is 33.0 Å². The number of benzene rings is 1. The van der Waals surface area contributed by atoms with Crippen LogP contribution in [0, 0.1) is 11.3 Å². The summed E-state index contributed by atoms with van der Waals surface area (Å²) in [6.45, 7) is 9.67. The monoisotopic (exact) mass is 262 g/mol. The fourth-order valence-corrected chi connectivity index (χ4v) is 1.78. The highest BCUT2D eigenvalue weighted by Crippen LogP contribution is 2.27. The molecule has 0 aliphatic rings. The average molecular weight is 262 g/mol. The molecule has 1 aromatic rings. The van der Waals surface area contributed by atoms with E-state index in [9.17, 15) is 4.79 Å². The highest BCUT2D eigenvalue weighted by molar-refractivity contribution is 5.76. The lowest BCUT2D eigenvalue weighted by molar-refractivity contribution is -0.122. The fraction of sp³-hybridized carbons (Fsp3) is 0.562. The zero-order valence-electron chi connectivity index (χ0n) is 12.5. The lowest BCUT2D eigenvalue weighted by Crippen LogP contribution is -2.29. The highest BCUT2D eigenvalue weighted by Gasteiger charge is 2.22. The minimum absolute atomic E-state index is 0.106. The molecule has 0 spiro atoms. The summed E-state index contributed by atoms with van der Waals surface area (Å²) in [5.41, 5.74) is 8.03. The molecule has 0 aliphatic heterocycles. The molecule has 1 atom stereocenters. The summed E-state index contributed by atoms with van der Waals surface area (Å²) in [5, 5.41) is 2.98. The van der Waals surface area contributed by atoms with Crippen molar-refractivity contribution < 1.29 is 4.79 Å². The number of rotatable bonds is 5. The first-order chi connectivity index (χ1) is 8.84. The van der Waals surface area contributed by atoms with Crippen LogP contribution in [0.25, 0.3) is 0 Å². The predicted octanol–water partition coefficient (Wildman–Crippen LogP) is 2.83. The Labute approximate surface area is 116 Å². The predicted molar refractivity (Wildman–Crippen MR) is 79.4 cm³/mol. The zero-order valence-corrected chi connectivity index (χ0v) is 12.5. The molecule has 3 N–H and O–H groups in total. The molecule has 19 heavy (non-hydrogen) atoms. The molecule has 3 heteroatoms. The van der Waals surface area contributed by atoms with Gasteiger partial charge in [-0.15, -0.1) is 0 Å². The topological polar surface area (TPSA) is 55.1 Å². The van der Waals surface area contributed by atoms with Crippen LogP contribution in [0.3, 0.4) is 0 Å². The number of hydrogen-bond donors (Lipinski definition) is 2. The zero-order chi connectivity index (χ0) is 14.5. The molecule has 106 valence electrons. The molecule has 0 aromatic heterocycles. The van der Waals surface area contributed by atoms with Crippen molar-refractivity contribution in [1.29, 1.82) is 0 Å². The second-order valence-electron chi connectivity index (χ2n) is 6.22. The van der Waals surface area contributed by atoms with Gasteiger partial charge in [0.15, 0.2) is 0 Å². The minimum atomic E-state index is 0.106. The summed E-state index contributed by atoms with van der Waals surface area (Å²) in [4.78, 5) is 11.9. The first-order valence-corrected chi connectivity index (χ1v) is 6.88. The van der Waals surface area contributed by atoms with Gasteiger partial charge in [0.2, 0.25) is 5.91 Å². The molecule has 0 heterocycles. The van der Waals surface area contributed by atoms with Crippen molar-refractivity contribution in [3.05, 3.63) is 35.4 Å². The molecule has 1 amide bonds. The SMILES string of the molecule is CC(CC(=O)NCc1ccccc1CN)C(C)(C)C. The second-order valence-corrected chi connectivity index (χ2v) is 6.22. The van der Waals surface area contributed by atoms with Gasteiger partial charge in [0.05, 0.1) is 0 Å². The molecular formula is C16H26N2O. The Balaban J connectivity index is 2.51. The van der Waals surface area contributed by atoms with Crippen molar-refractivity contribution in [3.8, 4) is 0 Å². The lowest BCUT2D eigenvalue weighted by atomic mass is 9.80. The van der Waals surface area contributed by atoms with E-state index in [-0.39, 0.29) is 11.3 Å². The van der Waals surface area contributed by atoms with E-state index >= 15 is 0 Å². The normalized spacial score (nSPS) is 13.1. The molecule has 0 radical (unpaired) electrons. The van der Waals surface area contributed by atoms with Gasteiger partial charge in [-0.05, 0) is 22.5 Å². The van der Waals surface area contributed by atoms with Gasteiger partial charge in [0.25, 0.3) is 0 Å². The maximum absolute atomic E-state index is 11.9. The summed E-state index contributed by atoms with van der Waals surface area (Å²) in [6, 6.07) is 7.95. The number of nitrogens with one attached hydrogen (secondary N) is 1. The summed E-state index contributed by atoms with van der Waals surface area (Å²) in [6.07, 6.45) is 0.564. The molecule has 0 saturated heterocycles. The van der Waals surface area contributed by atoms with Crippen LogP contribution in [0.5, 0.6) is 0 Å². The molecular weight excluding hydrogens is 236 g/mol. The van der Waals surface area contributed by atoms with Gasteiger partial charge in [-0.3, -0.25) is 4.79 Å². The van der Waals surface area contributed by atoms with E-state index in [0.29, 0.717) is 25.4 Å². The van der Waals surface area contributed by atoms with Crippen molar-refractivity contribution in [2.75, 3.05) is 0 Å². The van der Waals surface area contributed by atoms with Crippen LogP contribution in [0.4, 0.5) is 0 Å². The largest absolute Gasteiger partial charge is 0.352 e. The third kappa shape index (κ3) is 5.03. The third-order valence-corrected chi connectivity index (χ3v) is 3.78. The molecule has 3 nitrogen and oxygen atoms in total. The van der Waals surface area contributed by atoms with Crippen LogP contribution in [0.15, 0.2) is 24.3 Å². The second kappa shape index (κ2) is 6.71. The van der Waals surface area contributed by atoms with Crippen LogP contribution in [0.1, 0.15) is 45.2 Å². The Morgan fingerprint density at radius 3 is 2.37 bits per heavy atom. The highest BCUT2D eigenvalue weighted by atomic mass is 16.1. The molecule has 0 saturated carbocycles. The van der Waals surface area contributed by atoms with E-state index in [4.69, 9.17) is 5.73 Å². The number of carbonyl (C=O) groups excluding carboxylic acids is 1. The van der Waals surface area contributed by atoms with Crippen molar-refractivity contribution in [2.45, 2.75) is 47.2 Å². The van der Waals surface area contributed by atoms with Crippen LogP contribution in [0.2, 0.25) is 0 Å². The number of hydrogen-bond acceptors (Lipinski definition) is 2. The Morgan fingerprint density at radius 2 is 1.84 bits per heavy atom. The van der Waals surface area contributed by atoms with Crippen molar-refractivity contribution in [2.24, 2.45) is 17.1 Å². The van der Waals surface area contributed by atoms with Crippen LogP contribution in [-0.2, 0) is 17.9 Å². The summed E-state index contributed by atoms with van der Waals surface area (Å²) < 4.78 is 0. The van der Waals surface area contributed by atoms with Crippen LogP contribution in [-0.4, -0.2) is 5.91 Å². The van der Waals surface area contributed by atoms with Gasteiger partial charge >= 0.3 is 0 Å². The fourth-order valence-electron chi connectivity index (χ4n) is 1.78. The summed E-state index contributed by atoms with van der Waals surface area (Å²) >= 11 is 0. The number of nitrogens with two attached hydrogens (primary N) is 1. The average Bonchev–Trinajstić information content (AvgIpc) is 2.35. The first-order valence-electron chi connectivity index (χ1n) is 6.88. The standard InChI is InChI=1S/C16H26N2O/c1-12(16(2,3)4)9-15(19)18-11-14-8-6-5-7-13(14)10-17/h5-8,12H,9-11,17H2,1-4H3,(H,18,19). The molecule has 0 fully saturated rings. The minimum Gasteiger partial charge on any atom is -0.352 e. The molecule has 0 aliphatic carbocycles. The van der Waals surface area contributed by atoms with E-state index < -0.39 is 0 Å². The van der Waals surface area contributed by atoms with Crippen LogP contribution >= 0.6 is 0 Å². The van der Waals surface area contributed by atoms with Gasteiger partial charge < -0.3 is 11.1 Å². The van der Waals surface area contributed by atoms with Crippen molar-refractivity contribution in [3.63, 3.8) is 0 Å². The van der Waals surface area contributed by atoms with Gasteiger partial charge in [0.1, 0.15) is 0 Å². The molecule has 0 bridgehead atoms. The number of carbonyl (C=O) groups is 1. The number of amides is 1. The Morgan fingerprint density at radius 1 is 1.26 bits per heavy atom. The molecule has 1 aromatic carbocycles. The van der Waals surface area contributed by atoms with E-state index in [1.165, 1.54) is 0 Å². The quantitative estimate of drug-likeness (QED) is 0.857.